The number of nitrogens with zero attached hydrogens (tertiary/aromatic N) is 2. The smallest absolute Gasteiger partial charge is 0.264 e. The Morgan fingerprint density at radius 2 is 1.27 bits per heavy atom. The number of β-lactam (4-membered cyclic amide) rings is 1. The van der Waals surface area contributed by atoms with Crippen molar-refractivity contribution in [2.75, 3.05) is 11.5 Å². The predicted molar refractivity (Wildman–Crippen MR) is 145 cm³/mol. The van der Waals surface area contributed by atoms with Crippen molar-refractivity contribution in [3.63, 3.8) is 0 Å². The molecule has 2 aliphatic rings. The minimum absolute atomic E-state index is 0.157. The molecular formula is C25H14Cl6N2O4. The maximum atomic E-state index is 13.6. The molecule has 0 N–H and O–H groups in total. The van der Waals surface area contributed by atoms with Crippen molar-refractivity contribution in [1.82, 2.24) is 4.90 Å². The van der Waals surface area contributed by atoms with E-state index in [1.54, 1.807) is 36.4 Å². The van der Waals surface area contributed by atoms with Gasteiger partial charge in [0.2, 0.25) is 0 Å². The van der Waals surface area contributed by atoms with Crippen LogP contribution >= 0.6 is 69.6 Å². The summed E-state index contributed by atoms with van der Waals surface area (Å²) < 4.78 is 5.52. The molecule has 2 unspecified atom stereocenters. The molecule has 190 valence electrons. The molecule has 0 aliphatic carbocycles. The Hall–Kier alpha value is -2.19. The van der Waals surface area contributed by atoms with Gasteiger partial charge in [0, 0.05) is 5.69 Å². The van der Waals surface area contributed by atoms with Gasteiger partial charge in [-0.05, 0) is 42.8 Å². The molecule has 3 amide bonds. The highest BCUT2D eigenvalue weighted by Gasteiger charge is 2.58. The zero-order valence-corrected chi connectivity index (χ0v) is 23.2. The largest absolute Gasteiger partial charge is 0.494 e. The Balaban J connectivity index is 1.62. The quantitative estimate of drug-likeness (QED) is 0.127. The van der Waals surface area contributed by atoms with Gasteiger partial charge in [-0.15, -0.1) is 0 Å². The molecule has 0 bridgehead atoms. The zero-order chi connectivity index (χ0) is 26.8. The first kappa shape index (κ1) is 26.4. The first-order valence-corrected chi connectivity index (χ1v) is 13.1. The highest BCUT2D eigenvalue weighted by molar-refractivity contribution is 6.55. The minimum Gasteiger partial charge on any atom is -0.494 e. The molecule has 0 radical (unpaired) electrons. The number of amides is 3. The summed E-state index contributed by atoms with van der Waals surface area (Å²) >= 11 is 37.1. The molecule has 2 atom stereocenters. The summed E-state index contributed by atoms with van der Waals surface area (Å²) in [5, 5.41) is -0.184. The third kappa shape index (κ3) is 4.06. The summed E-state index contributed by atoms with van der Waals surface area (Å²) in [5.41, 5.74) is 0.687. The van der Waals surface area contributed by atoms with Crippen LogP contribution in [0.2, 0.25) is 30.1 Å². The van der Waals surface area contributed by atoms with E-state index in [2.05, 4.69) is 0 Å². The van der Waals surface area contributed by atoms with E-state index in [4.69, 9.17) is 74.3 Å². The highest BCUT2D eigenvalue weighted by atomic mass is 35.5. The van der Waals surface area contributed by atoms with E-state index in [1.165, 1.54) is 11.0 Å². The first-order chi connectivity index (χ1) is 17.6. The number of halogens is 6. The van der Waals surface area contributed by atoms with Crippen LogP contribution in [0.1, 0.15) is 39.2 Å². The van der Waals surface area contributed by atoms with Crippen LogP contribution in [-0.4, -0.2) is 35.3 Å². The molecule has 1 fully saturated rings. The predicted octanol–water partition coefficient (Wildman–Crippen LogP) is 7.76. The molecule has 0 spiro atoms. The molecule has 2 aliphatic heterocycles. The molecule has 37 heavy (non-hydrogen) atoms. The molecule has 3 aromatic rings. The average molecular weight is 619 g/mol. The summed E-state index contributed by atoms with van der Waals surface area (Å²) in [4.78, 5) is 42.9. The van der Waals surface area contributed by atoms with Crippen LogP contribution in [0, 0.1) is 0 Å². The van der Waals surface area contributed by atoms with Gasteiger partial charge in [0.05, 0.1) is 53.9 Å². The van der Waals surface area contributed by atoms with Crippen LogP contribution in [0.3, 0.4) is 0 Å². The van der Waals surface area contributed by atoms with Gasteiger partial charge in [-0.1, -0.05) is 81.7 Å². The Bertz CT molecular complexity index is 1450. The number of carbonyl (C=O) groups excluding carboxylic acids is 3. The van der Waals surface area contributed by atoms with Crippen molar-refractivity contribution in [2.45, 2.75) is 19.0 Å². The van der Waals surface area contributed by atoms with E-state index in [0.717, 1.165) is 4.90 Å². The number of hydrogen-bond donors (Lipinski definition) is 0. The molecule has 0 saturated carbocycles. The first-order valence-electron chi connectivity index (χ1n) is 10.8. The number of anilines is 1. The van der Waals surface area contributed by atoms with Crippen molar-refractivity contribution < 1.29 is 19.1 Å². The summed E-state index contributed by atoms with van der Waals surface area (Å²) in [6, 6.07) is 9.74. The number of hydrogen-bond acceptors (Lipinski definition) is 4. The highest BCUT2D eigenvalue weighted by Crippen LogP contribution is 2.49. The number of benzene rings is 3. The maximum Gasteiger partial charge on any atom is 0.264 e. The lowest BCUT2D eigenvalue weighted by Gasteiger charge is -2.49. The number of carbonyl (C=O) groups is 3. The molecule has 0 aromatic heterocycles. The number of fused-ring (bicyclic) bond motifs is 1. The van der Waals surface area contributed by atoms with Gasteiger partial charge in [0.1, 0.15) is 11.8 Å². The third-order valence-corrected chi connectivity index (χ3v) is 8.73. The minimum atomic E-state index is -1.20. The van der Waals surface area contributed by atoms with Crippen molar-refractivity contribution in [2.24, 2.45) is 0 Å². The number of ether oxygens (including phenoxy) is 1. The normalized spacial score (nSPS) is 18.8. The standard InChI is InChI=1S/C25H14Cl6N2O4/c1-2-37-12-6-3-10(4-7-12)21-22(25(36)32(21)11-5-8-13(26)14(27)9-11)33-23(34)15-16(24(33)35)18(29)20(31)19(30)17(15)28/h3-9,21-22H,2H2,1H3. The van der Waals surface area contributed by atoms with Crippen LogP contribution in [0.25, 0.3) is 0 Å². The van der Waals surface area contributed by atoms with E-state index >= 15 is 0 Å². The molecule has 3 aromatic carbocycles. The number of rotatable bonds is 5. The fourth-order valence-electron chi connectivity index (χ4n) is 4.53. The van der Waals surface area contributed by atoms with Gasteiger partial charge in [-0.25, -0.2) is 0 Å². The lowest BCUT2D eigenvalue weighted by Crippen LogP contribution is -2.67. The van der Waals surface area contributed by atoms with E-state index in [0.29, 0.717) is 28.6 Å². The Labute approximate surface area is 241 Å². The van der Waals surface area contributed by atoms with Crippen LogP contribution < -0.4 is 9.64 Å². The zero-order valence-electron chi connectivity index (χ0n) is 18.7. The Morgan fingerprint density at radius 1 is 0.703 bits per heavy atom. The summed E-state index contributed by atoms with van der Waals surface area (Å²) in [6.45, 7) is 2.33. The fraction of sp³-hybridized carbons (Fsp3) is 0.160. The molecule has 5 rings (SSSR count). The van der Waals surface area contributed by atoms with Crippen LogP contribution in [0.5, 0.6) is 5.75 Å². The second-order valence-electron chi connectivity index (χ2n) is 8.18. The molecular weight excluding hydrogens is 605 g/mol. The van der Waals surface area contributed by atoms with Gasteiger partial charge < -0.3 is 9.64 Å². The van der Waals surface area contributed by atoms with Crippen molar-refractivity contribution in [1.29, 1.82) is 0 Å². The van der Waals surface area contributed by atoms with Crippen molar-refractivity contribution >= 4 is 93.0 Å². The third-order valence-electron chi connectivity index (χ3n) is 6.19. The summed E-state index contributed by atoms with van der Waals surface area (Å²) in [7, 11) is 0. The van der Waals surface area contributed by atoms with Gasteiger partial charge in [0.25, 0.3) is 17.7 Å². The van der Waals surface area contributed by atoms with E-state index < -0.39 is 29.8 Å². The van der Waals surface area contributed by atoms with Gasteiger partial charge in [-0.2, -0.15) is 0 Å². The Kier molecular flexibility index (Phi) is 7.03. The maximum absolute atomic E-state index is 13.6. The van der Waals surface area contributed by atoms with Crippen LogP contribution in [0.4, 0.5) is 5.69 Å². The molecule has 12 heteroatoms. The summed E-state index contributed by atoms with van der Waals surface area (Å²) in [5.74, 6) is -1.49. The average Bonchev–Trinajstić information content (AvgIpc) is 3.13. The molecule has 1 saturated heterocycles. The topological polar surface area (TPSA) is 66.9 Å². The van der Waals surface area contributed by atoms with Crippen molar-refractivity contribution in [3.05, 3.63) is 89.3 Å². The van der Waals surface area contributed by atoms with Crippen LogP contribution in [0.15, 0.2) is 42.5 Å². The summed E-state index contributed by atoms with van der Waals surface area (Å²) in [6.07, 6.45) is 0. The van der Waals surface area contributed by atoms with Gasteiger partial charge in [0.15, 0.2) is 0 Å². The fourth-order valence-corrected chi connectivity index (χ4v) is 5.83. The van der Waals surface area contributed by atoms with Gasteiger partial charge in [-0.3, -0.25) is 19.3 Å². The second kappa shape index (κ2) is 9.84. The van der Waals surface area contributed by atoms with E-state index in [9.17, 15) is 14.4 Å². The van der Waals surface area contributed by atoms with Gasteiger partial charge >= 0.3 is 0 Å². The monoisotopic (exact) mass is 616 g/mol. The van der Waals surface area contributed by atoms with E-state index in [1.807, 2.05) is 6.92 Å². The Morgan fingerprint density at radius 3 is 1.78 bits per heavy atom. The number of imide groups is 1. The van der Waals surface area contributed by atoms with Crippen LogP contribution in [-0.2, 0) is 4.79 Å². The second-order valence-corrected chi connectivity index (χ2v) is 10.5. The molecule has 6 nitrogen and oxygen atoms in total. The molecule has 2 heterocycles. The SMILES string of the molecule is CCOc1ccc(C2C(N3C(=O)c4c(Cl)c(Cl)c(Cl)c(Cl)c4C3=O)C(=O)N2c2ccc(Cl)c(Cl)c2)cc1. The lowest BCUT2D eigenvalue weighted by molar-refractivity contribution is -0.130. The van der Waals surface area contributed by atoms with Crippen molar-refractivity contribution in [3.8, 4) is 5.75 Å². The van der Waals surface area contributed by atoms with E-state index in [-0.39, 0.29) is 36.2 Å². The lowest BCUT2D eigenvalue weighted by atomic mass is 9.86.